The summed E-state index contributed by atoms with van der Waals surface area (Å²) in [7, 11) is 0. The SMILES string of the molecule is CC1=NC(=O)C2=C(C(C)C)CCC2=C1. The number of rotatable bonds is 1. The van der Waals surface area contributed by atoms with Crippen LogP contribution in [0.15, 0.2) is 27.8 Å². The fraction of sp³-hybridized carbons (Fsp3) is 0.500. The van der Waals surface area contributed by atoms with Crippen molar-refractivity contribution in [3.05, 3.63) is 22.8 Å². The molecule has 0 unspecified atom stereocenters. The van der Waals surface area contributed by atoms with Gasteiger partial charge in [-0.2, -0.15) is 0 Å². The molecule has 1 heterocycles. The Bertz CT molecular complexity index is 383. The summed E-state index contributed by atoms with van der Waals surface area (Å²) in [4.78, 5) is 15.7. The Labute approximate surface area is 84.4 Å². The molecule has 0 atom stereocenters. The quantitative estimate of drug-likeness (QED) is 0.623. The first-order valence-electron chi connectivity index (χ1n) is 5.13. The van der Waals surface area contributed by atoms with Crippen LogP contribution in [0.25, 0.3) is 0 Å². The van der Waals surface area contributed by atoms with Crippen LogP contribution >= 0.6 is 0 Å². The molecule has 0 aromatic rings. The van der Waals surface area contributed by atoms with Crippen LogP contribution in [0.3, 0.4) is 0 Å². The van der Waals surface area contributed by atoms with Gasteiger partial charge in [0.15, 0.2) is 0 Å². The maximum atomic E-state index is 11.7. The Morgan fingerprint density at radius 2 is 2.07 bits per heavy atom. The predicted octanol–water partition coefficient (Wildman–Crippen LogP) is 2.66. The fourth-order valence-electron chi connectivity index (χ4n) is 2.22. The number of dihydropyridines is 1. The van der Waals surface area contributed by atoms with Crippen molar-refractivity contribution in [2.75, 3.05) is 0 Å². The van der Waals surface area contributed by atoms with Gasteiger partial charge >= 0.3 is 0 Å². The fourth-order valence-corrected chi connectivity index (χ4v) is 2.22. The lowest BCUT2D eigenvalue weighted by Crippen LogP contribution is -2.10. The van der Waals surface area contributed by atoms with Crippen molar-refractivity contribution < 1.29 is 4.79 Å². The van der Waals surface area contributed by atoms with Crippen LogP contribution < -0.4 is 0 Å². The molecule has 0 spiro atoms. The Kier molecular flexibility index (Phi) is 2.14. The summed E-state index contributed by atoms with van der Waals surface area (Å²) in [6.45, 7) is 6.17. The molecule has 2 rings (SSSR count). The van der Waals surface area contributed by atoms with Crippen LogP contribution in [0.2, 0.25) is 0 Å². The van der Waals surface area contributed by atoms with Crippen molar-refractivity contribution in [1.82, 2.24) is 0 Å². The largest absolute Gasteiger partial charge is 0.277 e. The van der Waals surface area contributed by atoms with Gasteiger partial charge in [-0.05, 0) is 37.3 Å². The standard InChI is InChI=1S/C12H15NO/c1-7(2)10-5-4-9-6-8(3)13-12(14)11(9)10/h6-7H,4-5H2,1-3H3. The van der Waals surface area contributed by atoms with E-state index in [1.54, 1.807) is 0 Å². The van der Waals surface area contributed by atoms with E-state index in [2.05, 4.69) is 18.8 Å². The second kappa shape index (κ2) is 3.19. The van der Waals surface area contributed by atoms with E-state index in [9.17, 15) is 4.79 Å². The summed E-state index contributed by atoms with van der Waals surface area (Å²) < 4.78 is 0. The lowest BCUT2D eigenvalue weighted by Gasteiger charge is -2.11. The van der Waals surface area contributed by atoms with Gasteiger partial charge < -0.3 is 0 Å². The molecule has 0 saturated carbocycles. The van der Waals surface area contributed by atoms with E-state index in [4.69, 9.17) is 0 Å². The third-order valence-corrected chi connectivity index (χ3v) is 2.88. The van der Waals surface area contributed by atoms with E-state index in [0.717, 1.165) is 24.1 Å². The zero-order valence-corrected chi connectivity index (χ0v) is 8.92. The number of aliphatic imine (C=N–C) groups is 1. The molecule has 1 aliphatic heterocycles. The molecule has 1 amide bonds. The highest BCUT2D eigenvalue weighted by molar-refractivity contribution is 6.14. The summed E-state index contributed by atoms with van der Waals surface area (Å²) in [5, 5.41) is 0. The number of amides is 1. The van der Waals surface area contributed by atoms with Gasteiger partial charge in [0.25, 0.3) is 5.91 Å². The molecule has 0 radical (unpaired) electrons. The van der Waals surface area contributed by atoms with Crippen LogP contribution in [0, 0.1) is 5.92 Å². The van der Waals surface area contributed by atoms with Gasteiger partial charge in [0, 0.05) is 11.3 Å². The van der Waals surface area contributed by atoms with E-state index in [1.807, 2.05) is 13.0 Å². The second-order valence-corrected chi connectivity index (χ2v) is 4.28. The van der Waals surface area contributed by atoms with E-state index in [0.29, 0.717) is 5.92 Å². The maximum Gasteiger partial charge on any atom is 0.277 e. The van der Waals surface area contributed by atoms with Crippen molar-refractivity contribution in [3.8, 4) is 0 Å². The number of allylic oxidation sites excluding steroid dienone is 2. The maximum absolute atomic E-state index is 11.7. The normalized spacial score (nSPS) is 21.3. The highest BCUT2D eigenvalue weighted by Crippen LogP contribution is 2.37. The molecule has 0 fully saturated rings. The lowest BCUT2D eigenvalue weighted by molar-refractivity contribution is -0.114. The number of carbonyl (C=O) groups excluding carboxylic acids is 1. The van der Waals surface area contributed by atoms with Gasteiger partial charge in [-0.25, -0.2) is 4.99 Å². The van der Waals surface area contributed by atoms with Crippen molar-refractivity contribution in [1.29, 1.82) is 0 Å². The van der Waals surface area contributed by atoms with Gasteiger partial charge in [-0.1, -0.05) is 19.4 Å². The van der Waals surface area contributed by atoms with Crippen LogP contribution in [0.1, 0.15) is 33.6 Å². The van der Waals surface area contributed by atoms with E-state index in [1.165, 1.54) is 11.1 Å². The first kappa shape index (κ1) is 9.38. The van der Waals surface area contributed by atoms with Gasteiger partial charge in [0.05, 0.1) is 0 Å². The molecule has 0 N–H and O–H groups in total. The number of hydrogen-bond donors (Lipinski definition) is 0. The predicted molar refractivity (Wildman–Crippen MR) is 57.3 cm³/mol. The molecule has 0 bridgehead atoms. The zero-order chi connectivity index (χ0) is 10.3. The van der Waals surface area contributed by atoms with Gasteiger partial charge in [-0.15, -0.1) is 0 Å². The molecule has 14 heavy (non-hydrogen) atoms. The summed E-state index contributed by atoms with van der Waals surface area (Å²) in [5.41, 5.74) is 4.24. The van der Waals surface area contributed by atoms with E-state index >= 15 is 0 Å². The number of carbonyl (C=O) groups is 1. The highest BCUT2D eigenvalue weighted by Gasteiger charge is 2.28. The van der Waals surface area contributed by atoms with Gasteiger partial charge in [-0.3, -0.25) is 4.79 Å². The first-order valence-corrected chi connectivity index (χ1v) is 5.13. The summed E-state index contributed by atoms with van der Waals surface area (Å²) in [5.74, 6) is 0.439. The topological polar surface area (TPSA) is 29.4 Å². The van der Waals surface area contributed by atoms with Crippen molar-refractivity contribution in [3.63, 3.8) is 0 Å². The average molecular weight is 189 g/mol. The van der Waals surface area contributed by atoms with Crippen molar-refractivity contribution in [2.45, 2.75) is 33.6 Å². The highest BCUT2D eigenvalue weighted by atomic mass is 16.1. The summed E-state index contributed by atoms with van der Waals surface area (Å²) in [6, 6.07) is 0. The third kappa shape index (κ3) is 1.35. The monoisotopic (exact) mass is 189 g/mol. The Morgan fingerprint density at radius 3 is 2.71 bits per heavy atom. The van der Waals surface area contributed by atoms with E-state index < -0.39 is 0 Å². The minimum atomic E-state index is -0.0267. The van der Waals surface area contributed by atoms with Crippen LogP contribution in [0.5, 0.6) is 0 Å². The molecule has 0 saturated heterocycles. The van der Waals surface area contributed by atoms with E-state index in [-0.39, 0.29) is 5.91 Å². The van der Waals surface area contributed by atoms with Crippen LogP contribution in [-0.4, -0.2) is 11.6 Å². The first-order chi connectivity index (χ1) is 6.59. The zero-order valence-electron chi connectivity index (χ0n) is 8.92. The molecule has 0 aromatic heterocycles. The Balaban J connectivity index is 2.49. The van der Waals surface area contributed by atoms with Crippen molar-refractivity contribution in [2.24, 2.45) is 10.9 Å². The minimum absolute atomic E-state index is 0.0267. The molecule has 2 heteroatoms. The molecule has 2 aliphatic rings. The van der Waals surface area contributed by atoms with Crippen molar-refractivity contribution >= 4 is 11.6 Å². The molecule has 1 aliphatic carbocycles. The Hall–Kier alpha value is -1.18. The minimum Gasteiger partial charge on any atom is -0.267 e. The smallest absolute Gasteiger partial charge is 0.267 e. The number of fused-ring (bicyclic) bond motifs is 1. The molecule has 74 valence electrons. The summed E-state index contributed by atoms with van der Waals surface area (Å²) >= 11 is 0. The average Bonchev–Trinajstić information content (AvgIpc) is 2.47. The summed E-state index contributed by atoms with van der Waals surface area (Å²) in [6.07, 6.45) is 4.10. The molecular weight excluding hydrogens is 174 g/mol. The molecule has 0 aromatic carbocycles. The van der Waals surface area contributed by atoms with Crippen LogP contribution in [0.4, 0.5) is 0 Å². The van der Waals surface area contributed by atoms with Gasteiger partial charge in [0.1, 0.15) is 0 Å². The lowest BCUT2D eigenvalue weighted by atomic mass is 9.97. The van der Waals surface area contributed by atoms with Gasteiger partial charge in [0.2, 0.25) is 0 Å². The molecular formula is C12H15NO. The second-order valence-electron chi connectivity index (χ2n) is 4.28. The molecule has 2 nitrogen and oxygen atoms in total. The Morgan fingerprint density at radius 1 is 1.36 bits per heavy atom. The third-order valence-electron chi connectivity index (χ3n) is 2.88. The number of hydrogen-bond acceptors (Lipinski definition) is 1. The number of nitrogens with zero attached hydrogens (tertiary/aromatic N) is 1. The van der Waals surface area contributed by atoms with Crippen LogP contribution in [-0.2, 0) is 4.79 Å².